The fourth-order valence-electron chi connectivity index (χ4n) is 3.17. The van der Waals surface area contributed by atoms with Crippen LogP contribution in [0.25, 0.3) is 17.1 Å². The minimum absolute atomic E-state index is 0.188. The molecule has 0 radical (unpaired) electrons. The van der Waals surface area contributed by atoms with Gasteiger partial charge in [-0.2, -0.15) is 10.2 Å². The van der Waals surface area contributed by atoms with E-state index in [2.05, 4.69) is 46.1 Å². The van der Waals surface area contributed by atoms with Crippen LogP contribution in [0.5, 0.6) is 0 Å². The lowest BCUT2D eigenvalue weighted by Crippen LogP contribution is -2.26. The smallest absolute Gasteiger partial charge is 0.199 e. The van der Waals surface area contributed by atoms with Crippen molar-refractivity contribution in [3.63, 3.8) is 0 Å². The largest absolute Gasteiger partial charge is 0.303 e. The monoisotopic (exact) mass is 406 g/mol. The number of rotatable bonds is 6. The molecule has 0 saturated carbocycles. The Bertz CT molecular complexity index is 1130. The quantitative estimate of drug-likeness (QED) is 0.458. The van der Waals surface area contributed by atoms with E-state index in [1.54, 1.807) is 23.4 Å². The van der Waals surface area contributed by atoms with Gasteiger partial charge in [0.25, 0.3) is 0 Å². The Kier molecular flexibility index (Phi) is 5.32. The van der Waals surface area contributed by atoms with E-state index >= 15 is 0 Å². The average Bonchev–Trinajstić information content (AvgIpc) is 3.39. The van der Waals surface area contributed by atoms with Gasteiger partial charge in [-0.05, 0) is 56.0 Å². The van der Waals surface area contributed by atoms with Crippen LogP contribution in [-0.2, 0) is 13.7 Å². The number of aromatic nitrogens is 7. The second-order valence-corrected chi connectivity index (χ2v) is 7.27. The zero-order chi connectivity index (χ0) is 20.4. The molecule has 9 heteroatoms. The van der Waals surface area contributed by atoms with Crippen molar-refractivity contribution in [3.8, 4) is 17.1 Å². The van der Waals surface area contributed by atoms with Crippen molar-refractivity contribution in [1.29, 1.82) is 0 Å². The Morgan fingerprint density at radius 3 is 2.45 bits per heavy atom. The van der Waals surface area contributed by atoms with Gasteiger partial charge in [-0.25, -0.2) is 14.3 Å². The Hall–Kier alpha value is -3.17. The first-order chi connectivity index (χ1) is 14.0. The van der Waals surface area contributed by atoms with Gasteiger partial charge >= 0.3 is 0 Å². The van der Waals surface area contributed by atoms with E-state index in [0.717, 1.165) is 17.1 Å². The third kappa shape index (κ3) is 3.87. The van der Waals surface area contributed by atoms with E-state index < -0.39 is 0 Å². The van der Waals surface area contributed by atoms with Gasteiger partial charge in [-0.1, -0.05) is 12.1 Å². The molecule has 0 saturated heterocycles. The Morgan fingerprint density at radius 1 is 1.07 bits per heavy atom. The summed E-state index contributed by atoms with van der Waals surface area (Å²) >= 11 is 5.60. The Morgan fingerprint density at radius 2 is 1.79 bits per heavy atom. The molecule has 0 aliphatic carbocycles. The summed E-state index contributed by atoms with van der Waals surface area (Å²) in [6.45, 7) is 2.75. The summed E-state index contributed by atoms with van der Waals surface area (Å²) in [5, 5.41) is 8.89. The molecule has 148 valence electrons. The minimum atomic E-state index is 0.188. The van der Waals surface area contributed by atoms with Gasteiger partial charge in [0.1, 0.15) is 12.7 Å². The van der Waals surface area contributed by atoms with E-state index in [1.165, 1.54) is 11.9 Å². The summed E-state index contributed by atoms with van der Waals surface area (Å²) in [6, 6.07) is 12.4. The lowest BCUT2D eigenvalue weighted by Gasteiger charge is -2.25. The molecule has 0 N–H and O–H groups in total. The second-order valence-electron chi connectivity index (χ2n) is 6.91. The average molecular weight is 407 g/mol. The van der Waals surface area contributed by atoms with Crippen molar-refractivity contribution >= 4 is 12.2 Å². The topological polar surface area (TPSA) is 69.6 Å². The number of pyridine rings is 1. The highest BCUT2D eigenvalue weighted by atomic mass is 32.1. The first kappa shape index (κ1) is 19.2. The molecule has 1 atom stereocenters. The molecule has 0 aliphatic rings. The molecule has 0 fully saturated rings. The van der Waals surface area contributed by atoms with Gasteiger partial charge in [-0.15, -0.1) is 0 Å². The Labute approximate surface area is 174 Å². The molecule has 0 spiro atoms. The summed E-state index contributed by atoms with van der Waals surface area (Å²) in [5.41, 5.74) is 3.18. The highest BCUT2D eigenvalue weighted by molar-refractivity contribution is 7.71. The molecular formula is C20H22N8S. The van der Waals surface area contributed by atoms with Crippen LogP contribution in [0.1, 0.15) is 18.5 Å². The lowest BCUT2D eigenvalue weighted by molar-refractivity contribution is 0.194. The summed E-state index contributed by atoms with van der Waals surface area (Å²) in [5.74, 6) is 0.829. The van der Waals surface area contributed by atoms with Crippen molar-refractivity contribution < 1.29 is 0 Å². The van der Waals surface area contributed by atoms with Crippen LogP contribution in [0.2, 0.25) is 0 Å². The standard InChI is InChI=1S/C20H22N8S/c1-15(16-4-6-18(7-5-16)27-13-22-12-23-27)25(2)14-28-20(29)26(3)19(24-28)17-8-10-21-11-9-17/h4-13,15H,14H2,1-3H3/t15-/m0/s1. The molecule has 4 aromatic rings. The summed E-state index contributed by atoms with van der Waals surface area (Å²) in [6.07, 6.45) is 6.73. The zero-order valence-corrected chi connectivity index (χ0v) is 17.4. The third-order valence-electron chi connectivity index (χ3n) is 5.06. The maximum atomic E-state index is 5.60. The number of benzene rings is 1. The Balaban J connectivity index is 1.52. The minimum Gasteiger partial charge on any atom is -0.303 e. The van der Waals surface area contributed by atoms with E-state index in [0.29, 0.717) is 11.4 Å². The molecule has 0 bridgehead atoms. The van der Waals surface area contributed by atoms with Crippen molar-refractivity contribution in [2.75, 3.05) is 7.05 Å². The second kappa shape index (κ2) is 8.06. The fraction of sp³-hybridized carbons (Fsp3) is 0.250. The van der Waals surface area contributed by atoms with Gasteiger partial charge in [0.2, 0.25) is 0 Å². The van der Waals surface area contributed by atoms with Crippen LogP contribution < -0.4 is 0 Å². The maximum absolute atomic E-state index is 5.60. The normalized spacial score (nSPS) is 12.4. The highest BCUT2D eigenvalue weighted by Crippen LogP contribution is 2.22. The van der Waals surface area contributed by atoms with Gasteiger partial charge < -0.3 is 4.57 Å². The van der Waals surface area contributed by atoms with Gasteiger partial charge in [-0.3, -0.25) is 9.88 Å². The predicted octanol–water partition coefficient (Wildman–Crippen LogP) is 3.24. The van der Waals surface area contributed by atoms with E-state index in [9.17, 15) is 0 Å². The van der Waals surface area contributed by atoms with Crippen molar-refractivity contribution in [2.24, 2.45) is 7.05 Å². The molecule has 29 heavy (non-hydrogen) atoms. The van der Waals surface area contributed by atoms with Crippen LogP contribution in [0.3, 0.4) is 0 Å². The first-order valence-electron chi connectivity index (χ1n) is 9.24. The molecule has 4 rings (SSSR count). The van der Waals surface area contributed by atoms with E-state index in [1.807, 2.05) is 40.6 Å². The summed E-state index contributed by atoms with van der Waals surface area (Å²) in [7, 11) is 4.01. The molecule has 0 amide bonds. The number of hydrogen-bond donors (Lipinski definition) is 0. The predicted molar refractivity (Wildman–Crippen MR) is 113 cm³/mol. The van der Waals surface area contributed by atoms with Crippen LogP contribution in [0.4, 0.5) is 0 Å². The lowest BCUT2D eigenvalue weighted by atomic mass is 10.1. The molecule has 3 aromatic heterocycles. The van der Waals surface area contributed by atoms with Crippen LogP contribution in [0.15, 0.2) is 61.4 Å². The van der Waals surface area contributed by atoms with Crippen molar-refractivity contribution in [2.45, 2.75) is 19.6 Å². The molecular weight excluding hydrogens is 384 g/mol. The van der Waals surface area contributed by atoms with E-state index in [4.69, 9.17) is 17.3 Å². The number of hydrogen-bond acceptors (Lipinski definition) is 6. The van der Waals surface area contributed by atoms with Gasteiger partial charge in [0.05, 0.1) is 12.4 Å². The molecule has 0 unspecified atom stereocenters. The maximum Gasteiger partial charge on any atom is 0.199 e. The summed E-state index contributed by atoms with van der Waals surface area (Å²) < 4.78 is 6.20. The van der Waals surface area contributed by atoms with Crippen molar-refractivity contribution in [3.05, 3.63) is 71.8 Å². The van der Waals surface area contributed by atoms with Crippen LogP contribution in [0, 0.1) is 4.77 Å². The molecule has 3 heterocycles. The van der Waals surface area contributed by atoms with Gasteiger partial charge in [0.15, 0.2) is 10.6 Å². The highest BCUT2D eigenvalue weighted by Gasteiger charge is 2.16. The SMILES string of the molecule is C[C@@H](c1ccc(-n2cncn2)cc1)N(C)Cn1nc(-c2ccncc2)n(C)c1=S. The fourth-order valence-corrected chi connectivity index (χ4v) is 3.35. The molecule has 0 aliphatic heterocycles. The molecule has 1 aromatic carbocycles. The van der Waals surface area contributed by atoms with Crippen LogP contribution in [-0.4, -0.2) is 46.0 Å². The third-order valence-corrected chi connectivity index (χ3v) is 5.54. The molecule has 8 nitrogen and oxygen atoms in total. The van der Waals surface area contributed by atoms with Crippen LogP contribution >= 0.6 is 12.2 Å². The first-order valence-corrected chi connectivity index (χ1v) is 9.65. The van der Waals surface area contributed by atoms with Crippen molar-refractivity contribution in [1.82, 2.24) is 39.0 Å². The zero-order valence-electron chi connectivity index (χ0n) is 16.5. The van der Waals surface area contributed by atoms with E-state index in [-0.39, 0.29) is 6.04 Å². The summed E-state index contributed by atoms with van der Waals surface area (Å²) in [4.78, 5) is 10.3. The number of nitrogens with zero attached hydrogens (tertiary/aromatic N) is 8. The van der Waals surface area contributed by atoms with Gasteiger partial charge in [0, 0.05) is 31.0 Å².